The van der Waals surface area contributed by atoms with Crippen LogP contribution < -0.4 is 5.56 Å². The van der Waals surface area contributed by atoms with Gasteiger partial charge in [0.1, 0.15) is 16.6 Å². The van der Waals surface area contributed by atoms with E-state index in [9.17, 15) is 9.90 Å². The van der Waals surface area contributed by atoms with E-state index >= 15 is 0 Å². The Bertz CT molecular complexity index is 1150. The third kappa shape index (κ3) is 2.21. The summed E-state index contributed by atoms with van der Waals surface area (Å²) in [6.07, 6.45) is 3.52. The van der Waals surface area contributed by atoms with Crippen LogP contribution in [0.3, 0.4) is 0 Å². The van der Waals surface area contributed by atoms with Crippen molar-refractivity contribution in [2.75, 3.05) is 0 Å². The summed E-state index contributed by atoms with van der Waals surface area (Å²) in [7, 11) is 0. The van der Waals surface area contributed by atoms with E-state index in [-0.39, 0.29) is 11.3 Å². The molecule has 24 heavy (non-hydrogen) atoms. The molecule has 116 valence electrons. The number of nitrogens with zero attached hydrogens (tertiary/aromatic N) is 2. The topological polar surface area (TPSA) is 89.8 Å². The minimum atomic E-state index is -0.571. The van der Waals surface area contributed by atoms with Gasteiger partial charge in [-0.15, -0.1) is 22.7 Å². The van der Waals surface area contributed by atoms with Gasteiger partial charge in [0.15, 0.2) is 5.56 Å². The zero-order chi connectivity index (χ0) is 16.7. The molecule has 0 saturated heterocycles. The molecule has 0 bridgehead atoms. The molecule has 0 amide bonds. The Morgan fingerprint density at radius 3 is 2.83 bits per heavy atom. The van der Waals surface area contributed by atoms with Crippen molar-refractivity contribution < 1.29 is 5.11 Å². The minimum absolute atomic E-state index is 0.258. The van der Waals surface area contributed by atoms with Gasteiger partial charge in [-0.1, -0.05) is 6.07 Å². The van der Waals surface area contributed by atoms with E-state index in [1.807, 2.05) is 29.6 Å². The Labute approximate surface area is 144 Å². The highest BCUT2D eigenvalue weighted by Gasteiger charge is 2.18. The summed E-state index contributed by atoms with van der Waals surface area (Å²) in [4.78, 5) is 21.1. The molecular formula is C17H9N3O2S2. The van der Waals surface area contributed by atoms with Crippen molar-refractivity contribution in [1.29, 1.82) is 5.26 Å². The molecule has 4 heterocycles. The highest BCUT2D eigenvalue weighted by atomic mass is 32.1. The van der Waals surface area contributed by atoms with Gasteiger partial charge in [-0.2, -0.15) is 5.26 Å². The number of hydrogen-bond acceptors (Lipinski definition) is 6. The number of nitriles is 1. The van der Waals surface area contributed by atoms with Crippen LogP contribution in [0.4, 0.5) is 0 Å². The SMILES string of the molecule is N#Cc1c(O)c2c(-c3ccc(-c4cccnc4)s3)csc2[nH]c1=O. The maximum Gasteiger partial charge on any atom is 0.270 e. The number of aromatic amines is 1. The van der Waals surface area contributed by atoms with Crippen LogP contribution in [0, 0.1) is 11.3 Å². The number of hydrogen-bond donors (Lipinski definition) is 2. The zero-order valence-electron chi connectivity index (χ0n) is 12.1. The Hall–Kier alpha value is -2.95. The lowest BCUT2D eigenvalue weighted by Gasteiger charge is -2.01. The van der Waals surface area contributed by atoms with Crippen LogP contribution in [0.15, 0.2) is 46.8 Å². The van der Waals surface area contributed by atoms with Crippen LogP contribution in [0.5, 0.6) is 5.75 Å². The number of fused-ring (bicyclic) bond motifs is 1. The summed E-state index contributed by atoms with van der Waals surface area (Å²) in [5.74, 6) is -0.260. The fourth-order valence-corrected chi connectivity index (χ4v) is 4.56. The number of aromatic nitrogens is 2. The molecule has 4 aromatic heterocycles. The fourth-order valence-electron chi connectivity index (χ4n) is 2.51. The summed E-state index contributed by atoms with van der Waals surface area (Å²) < 4.78 is 0. The molecule has 0 fully saturated rings. The van der Waals surface area contributed by atoms with Crippen molar-refractivity contribution >= 4 is 32.9 Å². The largest absolute Gasteiger partial charge is 0.506 e. The number of nitrogens with one attached hydrogen (secondary N) is 1. The van der Waals surface area contributed by atoms with Crippen LogP contribution in [-0.2, 0) is 0 Å². The molecule has 4 rings (SSSR count). The first kappa shape index (κ1) is 14.6. The second kappa shape index (κ2) is 5.60. The van der Waals surface area contributed by atoms with Gasteiger partial charge in [0.25, 0.3) is 5.56 Å². The molecule has 4 aromatic rings. The second-order valence-corrected chi connectivity index (χ2v) is 7.01. The molecular weight excluding hydrogens is 342 g/mol. The smallest absolute Gasteiger partial charge is 0.270 e. The summed E-state index contributed by atoms with van der Waals surface area (Å²) in [5.41, 5.74) is 0.994. The standard InChI is InChI=1S/C17H9N3O2S2/c18-6-10-15(21)14-11(8-23-17(14)20-16(10)22)13-4-3-12(24-13)9-2-1-5-19-7-9/h1-5,7-8H,(H2,20,21,22). The summed E-state index contributed by atoms with van der Waals surface area (Å²) >= 11 is 2.90. The average molecular weight is 351 g/mol. The Morgan fingerprint density at radius 1 is 1.25 bits per heavy atom. The number of aromatic hydroxyl groups is 1. The number of rotatable bonds is 2. The van der Waals surface area contributed by atoms with E-state index in [1.165, 1.54) is 11.3 Å². The molecule has 7 heteroatoms. The van der Waals surface area contributed by atoms with Crippen LogP contribution >= 0.6 is 22.7 Å². The lowest BCUT2D eigenvalue weighted by molar-refractivity contribution is 0.479. The first-order chi connectivity index (χ1) is 11.7. The number of pyridine rings is 2. The Kier molecular flexibility index (Phi) is 3.41. The van der Waals surface area contributed by atoms with Gasteiger partial charge < -0.3 is 10.1 Å². The van der Waals surface area contributed by atoms with Crippen molar-refractivity contribution in [3.8, 4) is 32.7 Å². The lowest BCUT2D eigenvalue weighted by Crippen LogP contribution is -2.09. The number of thiophene rings is 2. The summed E-state index contributed by atoms with van der Waals surface area (Å²) in [5, 5.41) is 21.8. The van der Waals surface area contributed by atoms with Crippen molar-refractivity contribution in [3.05, 3.63) is 58.0 Å². The van der Waals surface area contributed by atoms with E-state index in [2.05, 4.69) is 9.97 Å². The quantitative estimate of drug-likeness (QED) is 0.572. The first-order valence-corrected chi connectivity index (χ1v) is 8.66. The van der Waals surface area contributed by atoms with Crippen molar-refractivity contribution in [3.63, 3.8) is 0 Å². The Balaban J connectivity index is 1.91. The predicted octanol–water partition coefficient (Wildman–Crippen LogP) is 3.96. The Morgan fingerprint density at radius 2 is 2.08 bits per heavy atom. The molecule has 0 aliphatic carbocycles. The van der Waals surface area contributed by atoms with Gasteiger partial charge >= 0.3 is 0 Å². The minimum Gasteiger partial charge on any atom is -0.506 e. The van der Waals surface area contributed by atoms with E-state index in [4.69, 9.17) is 5.26 Å². The molecule has 5 nitrogen and oxygen atoms in total. The molecule has 0 unspecified atom stereocenters. The van der Waals surface area contributed by atoms with Crippen molar-refractivity contribution in [2.45, 2.75) is 0 Å². The third-order valence-electron chi connectivity index (χ3n) is 3.65. The first-order valence-electron chi connectivity index (χ1n) is 6.96. The van der Waals surface area contributed by atoms with Gasteiger partial charge in [0, 0.05) is 38.7 Å². The molecule has 0 radical (unpaired) electrons. The van der Waals surface area contributed by atoms with Crippen molar-refractivity contribution in [2.24, 2.45) is 0 Å². The molecule has 0 saturated carbocycles. The maximum atomic E-state index is 11.8. The van der Waals surface area contributed by atoms with E-state index < -0.39 is 5.56 Å². The van der Waals surface area contributed by atoms with E-state index in [0.717, 1.165) is 20.9 Å². The lowest BCUT2D eigenvalue weighted by atomic mass is 10.1. The van der Waals surface area contributed by atoms with Crippen LogP contribution in [0.2, 0.25) is 0 Å². The molecule has 0 aliphatic rings. The molecule has 0 aromatic carbocycles. The van der Waals surface area contributed by atoms with Gasteiger partial charge in [-0.05, 0) is 18.2 Å². The predicted molar refractivity (Wildman–Crippen MR) is 95.4 cm³/mol. The van der Waals surface area contributed by atoms with Gasteiger partial charge in [0.2, 0.25) is 0 Å². The van der Waals surface area contributed by atoms with E-state index in [0.29, 0.717) is 10.2 Å². The maximum absolute atomic E-state index is 11.8. The van der Waals surface area contributed by atoms with Crippen LogP contribution in [0.25, 0.3) is 31.1 Å². The zero-order valence-corrected chi connectivity index (χ0v) is 13.7. The van der Waals surface area contributed by atoms with Crippen molar-refractivity contribution in [1.82, 2.24) is 9.97 Å². The monoisotopic (exact) mass is 351 g/mol. The molecule has 0 atom stereocenters. The summed E-state index contributed by atoms with van der Waals surface area (Å²) in [6, 6.07) is 9.58. The highest BCUT2D eigenvalue weighted by molar-refractivity contribution is 7.20. The summed E-state index contributed by atoms with van der Waals surface area (Å²) in [6.45, 7) is 0. The average Bonchev–Trinajstić information content (AvgIpc) is 3.22. The van der Waals surface area contributed by atoms with Crippen LogP contribution in [0.1, 0.15) is 5.56 Å². The fraction of sp³-hybridized carbons (Fsp3) is 0. The van der Waals surface area contributed by atoms with Gasteiger partial charge in [0.05, 0.1) is 5.39 Å². The second-order valence-electron chi connectivity index (χ2n) is 5.05. The van der Waals surface area contributed by atoms with Gasteiger partial charge in [-0.25, -0.2) is 0 Å². The normalized spacial score (nSPS) is 10.8. The van der Waals surface area contributed by atoms with Gasteiger partial charge in [-0.3, -0.25) is 9.78 Å². The molecule has 2 N–H and O–H groups in total. The number of H-pyrrole nitrogens is 1. The molecule has 0 aliphatic heterocycles. The van der Waals surface area contributed by atoms with E-state index in [1.54, 1.807) is 29.8 Å². The van der Waals surface area contributed by atoms with Crippen LogP contribution in [-0.4, -0.2) is 15.1 Å². The highest BCUT2D eigenvalue weighted by Crippen LogP contribution is 2.42. The molecule has 0 spiro atoms. The third-order valence-corrected chi connectivity index (χ3v) is 5.71.